The third kappa shape index (κ3) is 2.48. The Morgan fingerprint density at radius 3 is 2.94 bits per heavy atom. The number of pyridine rings is 1. The topological polar surface area (TPSA) is 62.3 Å². The Bertz CT molecular complexity index is 513. The lowest BCUT2D eigenvalue weighted by molar-refractivity contribution is 0.394. The molecular formula is C11H17N3O2S2. The Kier molecular flexibility index (Phi) is 4.14. The molecule has 0 spiro atoms. The average molecular weight is 287 g/mol. The molecule has 1 aromatic heterocycles. The second-order valence-corrected chi connectivity index (χ2v) is 7.28. The fraction of sp³-hybridized carbons (Fsp3) is 0.545. The van der Waals surface area contributed by atoms with E-state index in [-0.39, 0.29) is 10.9 Å². The summed E-state index contributed by atoms with van der Waals surface area (Å²) in [6.07, 6.45) is 3.89. The van der Waals surface area contributed by atoms with Crippen molar-refractivity contribution < 1.29 is 8.42 Å². The standard InChI is InChI=1S/C11H17N3O2S2/c1-12-10-3-5-13-7-11(10)18(15,16)14(2)9-4-6-17-8-9/h3,5,7,9H,4,6,8H2,1-2H3,(H,12,13). The zero-order valence-electron chi connectivity index (χ0n) is 10.5. The molecule has 0 saturated carbocycles. The maximum atomic E-state index is 12.5. The summed E-state index contributed by atoms with van der Waals surface area (Å²) >= 11 is 1.79. The van der Waals surface area contributed by atoms with Crippen molar-refractivity contribution in [2.24, 2.45) is 0 Å². The van der Waals surface area contributed by atoms with E-state index in [0.717, 1.165) is 17.9 Å². The van der Waals surface area contributed by atoms with E-state index in [1.165, 1.54) is 10.5 Å². The minimum absolute atomic E-state index is 0.0879. The van der Waals surface area contributed by atoms with Crippen LogP contribution in [0.3, 0.4) is 0 Å². The molecule has 7 heteroatoms. The van der Waals surface area contributed by atoms with Crippen molar-refractivity contribution in [2.45, 2.75) is 17.4 Å². The number of nitrogens with one attached hydrogen (secondary N) is 1. The van der Waals surface area contributed by atoms with E-state index in [1.807, 2.05) is 0 Å². The smallest absolute Gasteiger partial charge is 0.246 e. The van der Waals surface area contributed by atoms with E-state index in [0.29, 0.717) is 5.69 Å². The number of nitrogens with zero attached hydrogens (tertiary/aromatic N) is 2. The molecule has 0 aromatic carbocycles. The Hall–Kier alpha value is -0.790. The van der Waals surface area contributed by atoms with Crippen LogP contribution in [0, 0.1) is 0 Å². The number of hydrogen-bond acceptors (Lipinski definition) is 5. The summed E-state index contributed by atoms with van der Waals surface area (Å²) in [5.41, 5.74) is 0.586. The van der Waals surface area contributed by atoms with Crippen molar-refractivity contribution in [3.63, 3.8) is 0 Å². The number of thioether (sulfide) groups is 1. The molecule has 0 radical (unpaired) electrons. The molecule has 0 amide bonds. The largest absolute Gasteiger partial charge is 0.387 e. The Morgan fingerprint density at radius 1 is 1.56 bits per heavy atom. The van der Waals surface area contributed by atoms with E-state index in [1.54, 1.807) is 38.1 Å². The Balaban J connectivity index is 2.35. The van der Waals surface area contributed by atoms with Crippen LogP contribution < -0.4 is 5.32 Å². The summed E-state index contributed by atoms with van der Waals surface area (Å²) in [6.45, 7) is 0. The molecule has 2 rings (SSSR count). The van der Waals surface area contributed by atoms with Crippen molar-refractivity contribution in [2.75, 3.05) is 30.9 Å². The highest BCUT2D eigenvalue weighted by Crippen LogP contribution is 2.28. The summed E-state index contributed by atoms with van der Waals surface area (Å²) in [6, 6.07) is 1.76. The van der Waals surface area contributed by atoms with Crippen molar-refractivity contribution in [1.82, 2.24) is 9.29 Å². The minimum Gasteiger partial charge on any atom is -0.387 e. The highest BCUT2D eigenvalue weighted by Gasteiger charge is 2.31. The normalized spacial score (nSPS) is 20.3. The van der Waals surface area contributed by atoms with Crippen LogP contribution in [-0.2, 0) is 10.0 Å². The number of aromatic nitrogens is 1. The zero-order chi connectivity index (χ0) is 13.2. The van der Waals surface area contributed by atoms with Crippen molar-refractivity contribution >= 4 is 27.5 Å². The van der Waals surface area contributed by atoms with Crippen molar-refractivity contribution in [3.05, 3.63) is 18.5 Å². The Morgan fingerprint density at radius 2 is 2.33 bits per heavy atom. The van der Waals surface area contributed by atoms with E-state index in [9.17, 15) is 8.42 Å². The third-order valence-corrected chi connectivity index (χ3v) is 6.21. The van der Waals surface area contributed by atoms with Gasteiger partial charge in [-0.1, -0.05) is 0 Å². The highest BCUT2D eigenvalue weighted by atomic mass is 32.2. The summed E-state index contributed by atoms with van der Waals surface area (Å²) in [5.74, 6) is 1.89. The number of anilines is 1. The second kappa shape index (κ2) is 5.46. The molecule has 0 aliphatic carbocycles. The molecule has 5 nitrogen and oxygen atoms in total. The first-order valence-corrected chi connectivity index (χ1v) is 8.34. The summed E-state index contributed by atoms with van der Waals surface area (Å²) in [4.78, 5) is 4.16. The maximum absolute atomic E-state index is 12.5. The zero-order valence-corrected chi connectivity index (χ0v) is 12.1. The van der Waals surface area contributed by atoms with Gasteiger partial charge in [0.15, 0.2) is 0 Å². The first-order valence-electron chi connectivity index (χ1n) is 5.75. The lowest BCUT2D eigenvalue weighted by Crippen LogP contribution is -2.37. The predicted molar refractivity (Wildman–Crippen MR) is 74.5 cm³/mol. The monoisotopic (exact) mass is 287 g/mol. The SMILES string of the molecule is CNc1ccncc1S(=O)(=O)N(C)C1CCSC1. The van der Waals surface area contributed by atoms with Crippen LogP contribution in [-0.4, -0.2) is 49.3 Å². The van der Waals surface area contributed by atoms with Gasteiger partial charge in [-0.05, 0) is 18.2 Å². The van der Waals surface area contributed by atoms with Gasteiger partial charge in [-0.3, -0.25) is 4.98 Å². The van der Waals surface area contributed by atoms with Gasteiger partial charge < -0.3 is 5.32 Å². The van der Waals surface area contributed by atoms with E-state index in [2.05, 4.69) is 10.3 Å². The van der Waals surface area contributed by atoms with Gasteiger partial charge in [-0.15, -0.1) is 0 Å². The molecule has 2 heterocycles. The lowest BCUT2D eigenvalue weighted by atomic mass is 10.3. The number of hydrogen-bond donors (Lipinski definition) is 1. The fourth-order valence-electron chi connectivity index (χ4n) is 1.95. The van der Waals surface area contributed by atoms with Crippen LogP contribution in [0.15, 0.2) is 23.4 Å². The van der Waals surface area contributed by atoms with Gasteiger partial charge >= 0.3 is 0 Å². The lowest BCUT2D eigenvalue weighted by Gasteiger charge is -2.24. The summed E-state index contributed by atoms with van der Waals surface area (Å²) in [7, 11) is -0.111. The van der Waals surface area contributed by atoms with Crippen LogP contribution in [0.1, 0.15) is 6.42 Å². The van der Waals surface area contributed by atoms with Gasteiger partial charge in [0.1, 0.15) is 4.90 Å². The molecule has 1 N–H and O–H groups in total. The van der Waals surface area contributed by atoms with Crippen LogP contribution in [0.2, 0.25) is 0 Å². The minimum atomic E-state index is -3.47. The molecule has 18 heavy (non-hydrogen) atoms. The molecular weight excluding hydrogens is 270 g/mol. The first-order chi connectivity index (χ1) is 8.57. The van der Waals surface area contributed by atoms with Crippen LogP contribution in [0.25, 0.3) is 0 Å². The van der Waals surface area contributed by atoms with Gasteiger partial charge in [0.2, 0.25) is 10.0 Å². The van der Waals surface area contributed by atoms with Gasteiger partial charge in [0.25, 0.3) is 0 Å². The summed E-state index contributed by atoms with van der Waals surface area (Å²) in [5, 5.41) is 2.90. The highest BCUT2D eigenvalue weighted by molar-refractivity contribution is 7.99. The fourth-order valence-corrected chi connectivity index (χ4v) is 4.84. The molecule has 1 aliphatic heterocycles. The molecule has 1 saturated heterocycles. The van der Waals surface area contributed by atoms with Crippen LogP contribution in [0.4, 0.5) is 5.69 Å². The Labute approximate surface area is 112 Å². The van der Waals surface area contributed by atoms with Crippen molar-refractivity contribution in [3.8, 4) is 0 Å². The van der Waals surface area contributed by atoms with Gasteiger partial charge in [-0.2, -0.15) is 16.1 Å². The van der Waals surface area contributed by atoms with E-state index < -0.39 is 10.0 Å². The van der Waals surface area contributed by atoms with Gasteiger partial charge in [0, 0.05) is 38.3 Å². The second-order valence-electron chi connectivity index (χ2n) is 4.16. The number of sulfonamides is 1. The van der Waals surface area contributed by atoms with Gasteiger partial charge in [0.05, 0.1) is 5.69 Å². The predicted octanol–water partition coefficient (Wildman–Crippen LogP) is 1.25. The molecule has 1 fully saturated rings. The molecule has 1 aliphatic rings. The van der Waals surface area contributed by atoms with E-state index >= 15 is 0 Å². The quantitative estimate of drug-likeness (QED) is 0.903. The van der Waals surface area contributed by atoms with Gasteiger partial charge in [-0.25, -0.2) is 8.42 Å². The van der Waals surface area contributed by atoms with Crippen molar-refractivity contribution in [1.29, 1.82) is 0 Å². The summed E-state index contributed by atoms with van der Waals surface area (Å²) < 4.78 is 26.5. The molecule has 100 valence electrons. The molecule has 0 bridgehead atoms. The molecule has 1 atom stereocenters. The third-order valence-electron chi connectivity index (χ3n) is 3.13. The first kappa shape index (κ1) is 13.6. The molecule has 1 aromatic rings. The molecule has 1 unspecified atom stereocenters. The maximum Gasteiger partial charge on any atom is 0.246 e. The number of rotatable bonds is 4. The van der Waals surface area contributed by atoms with E-state index in [4.69, 9.17) is 0 Å². The average Bonchev–Trinajstić information content (AvgIpc) is 2.91. The van der Waals surface area contributed by atoms with Crippen LogP contribution in [0.5, 0.6) is 0 Å². The van der Waals surface area contributed by atoms with Crippen LogP contribution >= 0.6 is 11.8 Å².